The average Bonchev–Trinajstić information content (AvgIpc) is 2.28. The van der Waals surface area contributed by atoms with E-state index in [4.69, 9.17) is 11.6 Å². The van der Waals surface area contributed by atoms with Gasteiger partial charge >= 0.3 is 0 Å². The highest BCUT2D eigenvalue weighted by Crippen LogP contribution is 2.40. The second-order valence-corrected chi connectivity index (χ2v) is 5.39. The number of hydrogen-bond donors (Lipinski definition) is 2. The molecule has 2 atom stereocenters. The quantitative estimate of drug-likeness (QED) is 0.843. The van der Waals surface area contributed by atoms with E-state index in [-0.39, 0.29) is 23.5 Å². The molecule has 0 aromatic carbocycles. The maximum atomic E-state index is 11.9. The minimum absolute atomic E-state index is 0.0224. The third-order valence-corrected chi connectivity index (χ3v) is 3.71. The number of rotatable bonds is 2. The molecule has 5 heteroatoms. The highest BCUT2D eigenvalue weighted by molar-refractivity contribution is 6.30. The van der Waals surface area contributed by atoms with E-state index in [0.29, 0.717) is 17.1 Å². The molecule has 1 aliphatic carbocycles. The van der Waals surface area contributed by atoms with Gasteiger partial charge in [0, 0.05) is 22.7 Å². The Kier molecular flexibility index (Phi) is 3.10. The molecule has 1 fully saturated rings. The Morgan fingerprint density at radius 2 is 2.35 bits per heavy atom. The van der Waals surface area contributed by atoms with Gasteiger partial charge in [0.05, 0.1) is 6.10 Å². The fourth-order valence-corrected chi connectivity index (χ4v) is 2.07. The Morgan fingerprint density at radius 3 is 2.88 bits per heavy atom. The van der Waals surface area contributed by atoms with Crippen LogP contribution >= 0.6 is 11.6 Å². The normalized spacial score (nSPS) is 26.1. The second-order valence-electron chi connectivity index (χ2n) is 4.96. The molecule has 1 aromatic heterocycles. The van der Waals surface area contributed by atoms with Crippen LogP contribution in [0.15, 0.2) is 18.3 Å². The molecular weight excluding hydrogens is 240 g/mol. The van der Waals surface area contributed by atoms with Crippen molar-refractivity contribution in [3.05, 3.63) is 29.0 Å². The molecule has 2 unspecified atom stereocenters. The Morgan fingerprint density at radius 1 is 1.65 bits per heavy atom. The number of aliphatic hydroxyl groups is 1. The van der Waals surface area contributed by atoms with Crippen LogP contribution in [-0.4, -0.2) is 28.1 Å². The first-order valence-electron chi connectivity index (χ1n) is 5.51. The number of carbonyl (C=O) groups excluding carboxylic acids is 1. The zero-order chi connectivity index (χ0) is 12.6. The third kappa shape index (κ3) is 2.28. The van der Waals surface area contributed by atoms with Crippen molar-refractivity contribution in [1.82, 2.24) is 10.3 Å². The van der Waals surface area contributed by atoms with Gasteiger partial charge in [-0.3, -0.25) is 9.78 Å². The van der Waals surface area contributed by atoms with Crippen molar-refractivity contribution in [1.29, 1.82) is 0 Å². The Balaban J connectivity index is 2.04. The van der Waals surface area contributed by atoms with Gasteiger partial charge in [0.2, 0.25) is 0 Å². The molecular formula is C12H15ClN2O2. The first-order valence-corrected chi connectivity index (χ1v) is 5.89. The van der Waals surface area contributed by atoms with Crippen molar-refractivity contribution >= 4 is 17.5 Å². The molecule has 0 bridgehead atoms. The van der Waals surface area contributed by atoms with Crippen LogP contribution in [0, 0.1) is 5.41 Å². The molecule has 0 radical (unpaired) electrons. The largest absolute Gasteiger partial charge is 0.392 e. The smallest absolute Gasteiger partial charge is 0.270 e. The van der Waals surface area contributed by atoms with Gasteiger partial charge in [-0.15, -0.1) is 0 Å². The van der Waals surface area contributed by atoms with Crippen LogP contribution in [0.4, 0.5) is 0 Å². The molecule has 0 saturated heterocycles. The average molecular weight is 255 g/mol. The maximum absolute atomic E-state index is 11.9. The molecule has 92 valence electrons. The third-order valence-electron chi connectivity index (χ3n) is 3.48. The molecule has 0 aliphatic heterocycles. The van der Waals surface area contributed by atoms with Crippen molar-refractivity contribution in [3.8, 4) is 0 Å². The van der Waals surface area contributed by atoms with E-state index < -0.39 is 0 Å². The van der Waals surface area contributed by atoms with E-state index in [1.807, 2.05) is 13.8 Å². The topological polar surface area (TPSA) is 62.2 Å². The molecule has 2 N–H and O–H groups in total. The number of aromatic nitrogens is 1. The molecule has 2 rings (SSSR count). The lowest BCUT2D eigenvalue weighted by molar-refractivity contribution is -0.0690. The van der Waals surface area contributed by atoms with E-state index in [9.17, 15) is 9.90 Å². The first kappa shape index (κ1) is 12.3. The standard InChI is InChI=1S/C12H15ClN2O2/c1-12(2)9(6-10(12)16)15-11(17)8-5-7(13)3-4-14-8/h3-5,9-10,16H,6H2,1-2H3,(H,15,17). The minimum atomic E-state index is -0.361. The lowest BCUT2D eigenvalue weighted by atomic mass is 9.64. The van der Waals surface area contributed by atoms with E-state index in [1.54, 1.807) is 6.07 Å². The molecule has 1 saturated carbocycles. The molecule has 17 heavy (non-hydrogen) atoms. The van der Waals surface area contributed by atoms with Gasteiger partial charge in [-0.25, -0.2) is 0 Å². The molecule has 1 aromatic rings. The van der Waals surface area contributed by atoms with Gasteiger partial charge in [-0.1, -0.05) is 25.4 Å². The number of aliphatic hydroxyl groups excluding tert-OH is 1. The summed E-state index contributed by atoms with van der Waals surface area (Å²) in [6.45, 7) is 3.86. The highest BCUT2D eigenvalue weighted by Gasteiger charge is 2.48. The van der Waals surface area contributed by atoms with Gasteiger partial charge in [0.15, 0.2) is 0 Å². The van der Waals surface area contributed by atoms with Gasteiger partial charge in [-0.05, 0) is 18.6 Å². The number of nitrogens with zero attached hydrogens (tertiary/aromatic N) is 1. The lowest BCUT2D eigenvalue weighted by Crippen LogP contribution is -2.61. The zero-order valence-electron chi connectivity index (χ0n) is 9.77. The van der Waals surface area contributed by atoms with Crippen molar-refractivity contribution in [2.75, 3.05) is 0 Å². The van der Waals surface area contributed by atoms with Crippen molar-refractivity contribution in [3.63, 3.8) is 0 Å². The van der Waals surface area contributed by atoms with Crippen molar-refractivity contribution in [2.24, 2.45) is 5.41 Å². The predicted molar refractivity (Wildman–Crippen MR) is 64.9 cm³/mol. The summed E-state index contributed by atoms with van der Waals surface area (Å²) in [5, 5.41) is 12.9. The second kappa shape index (κ2) is 4.27. The summed E-state index contributed by atoms with van der Waals surface area (Å²) in [7, 11) is 0. The summed E-state index contributed by atoms with van der Waals surface area (Å²) >= 11 is 5.79. The fourth-order valence-electron chi connectivity index (χ4n) is 1.91. The van der Waals surface area contributed by atoms with E-state index in [0.717, 1.165) is 0 Å². The molecule has 4 nitrogen and oxygen atoms in total. The van der Waals surface area contributed by atoms with E-state index in [2.05, 4.69) is 10.3 Å². The fraction of sp³-hybridized carbons (Fsp3) is 0.500. The van der Waals surface area contributed by atoms with Crippen molar-refractivity contribution in [2.45, 2.75) is 32.4 Å². The number of carbonyl (C=O) groups is 1. The Bertz CT molecular complexity index is 448. The van der Waals surface area contributed by atoms with Crippen LogP contribution in [0.1, 0.15) is 30.8 Å². The number of hydrogen-bond acceptors (Lipinski definition) is 3. The Hall–Kier alpha value is -1.13. The summed E-state index contributed by atoms with van der Waals surface area (Å²) in [6.07, 6.45) is 1.72. The summed E-state index contributed by atoms with van der Waals surface area (Å²) < 4.78 is 0. The summed E-state index contributed by atoms with van der Waals surface area (Å²) in [6, 6.07) is 3.12. The number of nitrogens with one attached hydrogen (secondary N) is 1. The number of halogens is 1. The van der Waals surface area contributed by atoms with Crippen LogP contribution in [0.2, 0.25) is 5.02 Å². The molecule has 0 spiro atoms. The van der Waals surface area contributed by atoms with E-state index in [1.165, 1.54) is 12.3 Å². The van der Waals surface area contributed by atoms with Crippen LogP contribution in [-0.2, 0) is 0 Å². The monoisotopic (exact) mass is 254 g/mol. The highest BCUT2D eigenvalue weighted by atomic mass is 35.5. The Labute approximate surface area is 105 Å². The van der Waals surface area contributed by atoms with Crippen LogP contribution < -0.4 is 5.32 Å². The summed E-state index contributed by atoms with van der Waals surface area (Å²) in [4.78, 5) is 15.8. The van der Waals surface area contributed by atoms with Crippen molar-refractivity contribution < 1.29 is 9.90 Å². The van der Waals surface area contributed by atoms with Crippen LogP contribution in [0.3, 0.4) is 0 Å². The lowest BCUT2D eigenvalue weighted by Gasteiger charge is -2.49. The summed E-state index contributed by atoms with van der Waals surface area (Å²) in [5.41, 5.74) is 0.0171. The minimum Gasteiger partial charge on any atom is -0.392 e. The number of pyridine rings is 1. The van der Waals surface area contributed by atoms with Crippen LogP contribution in [0.25, 0.3) is 0 Å². The maximum Gasteiger partial charge on any atom is 0.270 e. The SMILES string of the molecule is CC1(C)C(O)CC1NC(=O)c1cc(Cl)ccn1. The zero-order valence-corrected chi connectivity index (χ0v) is 10.5. The number of amides is 1. The van der Waals surface area contributed by atoms with Crippen LogP contribution in [0.5, 0.6) is 0 Å². The molecule has 1 heterocycles. The first-order chi connectivity index (χ1) is 7.91. The van der Waals surface area contributed by atoms with Gasteiger partial charge in [-0.2, -0.15) is 0 Å². The molecule has 1 aliphatic rings. The summed E-state index contributed by atoms with van der Waals surface area (Å²) in [5.74, 6) is -0.252. The predicted octanol–water partition coefficient (Wildman–Crippen LogP) is 1.62. The molecule has 1 amide bonds. The van der Waals surface area contributed by atoms with Gasteiger partial charge in [0.25, 0.3) is 5.91 Å². The van der Waals surface area contributed by atoms with E-state index >= 15 is 0 Å². The van der Waals surface area contributed by atoms with Gasteiger partial charge < -0.3 is 10.4 Å². The van der Waals surface area contributed by atoms with Gasteiger partial charge in [0.1, 0.15) is 5.69 Å².